The van der Waals surface area contributed by atoms with Crippen molar-refractivity contribution in [3.05, 3.63) is 35.9 Å². The summed E-state index contributed by atoms with van der Waals surface area (Å²) in [4.78, 5) is 0. The van der Waals surface area contributed by atoms with Crippen molar-refractivity contribution in [1.82, 2.24) is 4.31 Å². The molecule has 0 aliphatic carbocycles. The third-order valence-corrected chi connectivity index (χ3v) is 6.90. The highest BCUT2D eigenvalue weighted by atomic mass is 32.2. The maximum Gasteiger partial charge on any atom is 0.214 e. The largest absolute Gasteiger partial charge is 0.388 e. The van der Waals surface area contributed by atoms with E-state index < -0.39 is 16.1 Å². The van der Waals surface area contributed by atoms with Crippen LogP contribution in [0.3, 0.4) is 0 Å². The maximum absolute atomic E-state index is 12.5. The van der Waals surface area contributed by atoms with Crippen LogP contribution in [-0.2, 0) is 10.0 Å². The third kappa shape index (κ3) is 5.03. The van der Waals surface area contributed by atoms with Crippen LogP contribution in [0.4, 0.5) is 0 Å². The van der Waals surface area contributed by atoms with E-state index in [-0.39, 0.29) is 17.6 Å². The smallest absolute Gasteiger partial charge is 0.214 e. The molecule has 23 heavy (non-hydrogen) atoms. The lowest BCUT2D eigenvalue weighted by atomic mass is 9.88. The van der Waals surface area contributed by atoms with Crippen molar-refractivity contribution in [2.24, 2.45) is 11.8 Å². The number of piperidine rings is 1. The van der Waals surface area contributed by atoms with Gasteiger partial charge in [0.2, 0.25) is 10.0 Å². The van der Waals surface area contributed by atoms with Gasteiger partial charge in [0, 0.05) is 13.1 Å². The Labute approximate surface area is 140 Å². The predicted molar refractivity (Wildman–Crippen MR) is 93.6 cm³/mol. The number of aliphatic hydroxyl groups excluding tert-OH is 1. The van der Waals surface area contributed by atoms with Gasteiger partial charge in [-0.2, -0.15) is 0 Å². The lowest BCUT2D eigenvalue weighted by Crippen LogP contribution is -2.41. The van der Waals surface area contributed by atoms with Crippen LogP contribution in [-0.4, -0.2) is 36.7 Å². The number of hydrogen-bond acceptors (Lipinski definition) is 3. The minimum absolute atomic E-state index is 0.136. The van der Waals surface area contributed by atoms with E-state index in [9.17, 15) is 13.5 Å². The zero-order valence-electron chi connectivity index (χ0n) is 14.2. The van der Waals surface area contributed by atoms with Gasteiger partial charge in [0.05, 0.1) is 11.9 Å². The second kappa shape index (κ2) is 8.27. The SMILES string of the molecule is CCCC(C)CS(=O)(=O)N1CCC(C(O)c2ccccc2)CC1. The highest BCUT2D eigenvalue weighted by molar-refractivity contribution is 7.89. The van der Waals surface area contributed by atoms with Crippen molar-refractivity contribution in [3.8, 4) is 0 Å². The highest BCUT2D eigenvalue weighted by Crippen LogP contribution is 2.31. The lowest BCUT2D eigenvalue weighted by Gasteiger charge is -2.34. The third-order valence-electron chi connectivity index (χ3n) is 4.76. The van der Waals surface area contributed by atoms with Gasteiger partial charge >= 0.3 is 0 Å². The molecule has 0 aromatic heterocycles. The normalized spacial score (nSPS) is 20.3. The van der Waals surface area contributed by atoms with Gasteiger partial charge in [0.25, 0.3) is 0 Å². The molecule has 5 heteroatoms. The molecule has 1 N–H and O–H groups in total. The first-order chi connectivity index (χ1) is 10.9. The average molecular weight is 340 g/mol. The van der Waals surface area contributed by atoms with E-state index in [1.54, 1.807) is 4.31 Å². The molecule has 1 aromatic carbocycles. The van der Waals surface area contributed by atoms with Gasteiger partial charge in [-0.25, -0.2) is 12.7 Å². The molecule has 2 atom stereocenters. The Morgan fingerprint density at radius 1 is 1.22 bits per heavy atom. The Kier molecular flexibility index (Phi) is 6.62. The summed E-state index contributed by atoms with van der Waals surface area (Å²) in [5, 5.41) is 10.5. The monoisotopic (exact) mass is 339 g/mol. The first-order valence-corrected chi connectivity index (χ1v) is 10.3. The van der Waals surface area contributed by atoms with Crippen LogP contribution in [0, 0.1) is 11.8 Å². The fraction of sp³-hybridized carbons (Fsp3) is 0.667. The standard InChI is InChI=1S/C18H29NO3S/c1-3-7-15(2)14-23(21,22)19-12-10-17(11-13-19)18(20)16-8-5-4-6-9-16/h4-6,8-9,15,17-18,20H,3,7,10-14H2,1-2H3. The number of nitrogens with zero attached hydrogens (tertiary/aromatic N) is 1. The van der Waals surface area contributed by atoms with Gasteiger partial charge in [0.1, 0.15) is 0 Å². The van der Waals surface area contributed by atoms with Crippen LogP contribution in [0.15, 0.2) is 30.3 Å². The van der Waals surface area contributed by atoms with Crippen LogP contribution < -0.4 is 0 Å². The van der Waals surface area contributed by atoms with Gasteiger partial charge in [-0.15, -0.1) is 0 Å². The number of sulfonamides is 1. The van der Waals surface area contributed by atoms with Crippen LogP contribution in [0.5, 0.6) is 0 Å². The summed E-state index contributed by atoms with van der Waals surface area (Å²) in [5.74, 6) is 0.585. The molecule has 1 aliphatic heterocycles. The number of benzene rings is 1. The summed E-state index contributed by atoms with van der Waals surface area (Å²) < 4.78 is 26.6. The molecule has 2 unspecified atom stereocenters. The molecule has 0 amide bonds. The van der Waals surface area contributed by atoms with E-state index in [2.05, 4.69) is 6.92 Å². The molecule has 1 aliphatic rings. The molecule has 1 saturated heterocycles. The molecule has 2 rings (SSSR count). The van der Waals surface area contributed by atoms with E-state index in [0.29, 0.717) is 13.1 Å². The molecular weight excluding hydrogens is 310 g/mol. The summed E-state index contributed by atoms with van der Waals surface area (Å²) in [6, 6.07) is 9.64. The first-order valence-electron chi connectivity index (χ1n) is 8.65. The number of rotatable bonds is 7. The van der Waals surface area contributed by atoms with Crippen molar-refractivity contribution in [3.63, 3.8) is 0 Å². The number of hydrogen-bond donors (Lipinski definition) is 1. The topological polar surface area (TPSA) is 57.6 Å². The van der Waals surface area contributed by atoms with Gasteiger partial charge in [-0.05, 0) is 36.7 Å². The number of aliphatic hydroxyl groups is 1. The molecule has 0 saturated carbocycles. The van der Waals surface area contributed by atoms with Gasteiger partial charge in [-0.1, -0.05) is 50.6 Å². The maximum atomic E-state index is 12.5. The van der Waals surface area contributed by atoms with Crippen molar-refractivity contribution < 1.29 is 13.5 Å². The molecule has 4 nitrogen and oxygen atoms in total. The van der Waals surface area contributed by atoms with E-state index in [4.69, 9.17) is 0 Å². The van der Waals surface area contributed by atoms with Crippen LogP contribution in [0.25, 0.3) is 0 Å². The zero-order valence-corrected chi connectivity index (χ0v) is 15.0. The Hall–Kier alpha value is -0.910. The van der Waals surface area contributed by atoms with Crippen molar-refractivity contribution in [1.29, 1.82) is 0 Å². The van der Waals surface area contributed by atoms with Gasteiger partial charge in [-0.3, -0.25) is 0 Å². The summed E-state index contributed by atoms with van der Waals surface area (Å²) in [6.45, 7) is 5.14. The molecule has 130 valence electrons. The van der Waals surface area contributed by atoms with E-state index in [1.807, 2.05) is 37.3 Å². The fourth-order valence-corrected chi connectivity index (χ4v) is 5.30. The average Bonchev–Trinajstić information content (AvgIpc) is 2.55. The van der Waals surface area contributed by atoms with E-state index >= 15 is 0 Å². The van der Waals surface area contributed by atoms with E-state index in [0.717, 1.165) is 31.2 Å². The molecule has 1 fully saturated rings. The Morgan fingerprint density at radius 3 is 2.39 bits per heavy atom. The first kappa shape index (κ1) is 18.4. The highest BCUT2D eigenvalue weighted by Gasteiger charge is 2.32. The molecule has 0 bridgehead atoms. The molecular formula is C18H29NO3S. The molecule has 1 aromatic rings. The van der Waals surface area contributed by atoms with Crippen LogP contribution in [0.1, 0.15) is 51.2 Å². The Bertz CT molecular complexity index is 565. The molecule has 0 spiro atoms. The van der Waals surface area contributed by atoms with E-state index in [1.165, 1.54) is 0 Å². The van der Waals surface area contributed by atoms with Crippen LogP contribution in [0.2, 0.25) is 0 Å². The summed E-state index contributed by atoms with van der Waals surface area (Å²) in [5.41, 5.74) is 0.922. The quantitative estimate of drug-likeness (QED) is 0.830. The fourth-order valence-electron chi connectivity index (χ4n) is 3.43. The summed E-state index contributed by atoms with van der Waals surface area (Å²) >= 11 is 0. The van der Waals surface area contributed by atoms with Crippen molar-refractivity contribution in [2.75, 3.05) is 18.8 Å². The molecule has 1 heterocycles. The summed E-state index contributed by atoms with van der Waals surface area (Å²) in [7, 11) is -3.17. The lowest BCUT2D eigenvalue weighted by molar-refractivity contribution is 0.0760. The van der Waals surface area contributed by atoms with Crippen LogP contribution >= 0.6 is 0 Å². The Balaban J connectivity index is 1.90. The van der Waals surface area contributed by atoms with Gasteiger partial charge < -0.3 is 5.11 Å². The minimum atomic E-state index is -3.17. The van der Waals surface area contributed by atoms with Gasteiger partial charge in [0.15, 0.2) is 0 Å². The second-order valence-electron chi connectivity index (χ2n) is 6.76. The van der Waals surface area contributed by atoms with Crippen molar-refractivity contribution >= 4 is 10.0 Å². The Morgan fingerprint density at radius 2 is 1.83 bits per heavy atom. The molecule has 0 radical (unpaired) electrons. The summed E-state index contributed by atoms with van der Waals surface area (Å²) in [6.07, 6.45) is 2.90. The minimum Gasteiger partial charge on any atom is -0.388 e. The second-order valence-corrected chi connectivity index (χ2v) is 8.78. The van der Waals surface area contributed by atoms with Crippen molar-refractivity contribution in [2.45, 2.75) is 45.6 Å². The zero-order chi connectivity index (χ0) is 16.9. The predicted octanol–water partition coefficient (Wildman–Crippen LogP) is 3.20.